The quantitative estimate of drug-likeness (QED) is 0.840. The van der Waals surface area contributed by atoms with E-state index in [0.29, 0.717) is 17.7 Å². The highest BCUT2D eigenvalue weighted by Crippen LogP contribution is 2.26. The largest absolute Gasteiger partial charge is 0.465 e. The minimum Gasteiger partial charge on any atom is -0.465 e. The molecule has 1 N–H and O–H groups in total. The van der Waals surface area contributed by atoms with E-state index in [4.69, 9.17) is 16.3 Å². The lowest BCUT2D eigenvalue weighted by atomic mass is 10.00. The van der Waals surface area contributed by atoms with Crippen molar-refractivity contribution in [2.24, 2.45) is 0 Å². The van der Waals surface area contributed by atoms with Crippen LogP contribution in [0.5, 0.6) is 0 Å². The summed E-state index contributed by atoms with van der Waals surface area (Å²) in [6, 6.07) is 5.64. The molecule has 1 aliphatic rings. The van der Waals surface area contributed by atoms with Crippen molar-refractivity contribution in [3.05, 3.63) is 34.3 Å². The lowest BCUT2D eigenvalue weighted by Crippen LogP contribution is -2.37. The average molecular weight is 296 g/mol. The highest BCUT2D eigenvalue weighted by atomic mass is 35.5. The Bertz CT molecular complexity index is 470. The SMILES string of the molecule is CCOC(=O)C(NC1CCCC1)c1ccc(Cl)cc1C. The molecule has 1 saturated carbocycles. The first-order valence-corrected chi connectivity index (χ1v) is 7.68. The summed E-state index contributed by atoms with van der Waals surface area (Å²) in [5, 5.41) is 4.15. The van der Waals surface area contributed by atoms with E-state index in [1.165, 1.54) is 12.8 Å². The molecule has 3 nitrogen and oxygen atoms in total. The molecule has 0 amide bonds. The van der Waals surface area contributed by atoms with Crippen molar-refractivity contribution in [3.8, 4) is 0 Å². The Hall–Kier alpha value is -1.06. The third-order valence-corrected chi connectivity index (χ3v) is 4.06. The van der Waals surface area contributed by atoms with Gasteiger partial charge in [0.15, 0.2) is 0 Å². The van der Waals surface area contributed by atoms with Gasteiger partial charge in [-0.3, -0.25) is 5.32 Å². The van der Waals surface area contributed by atoms with Crippen LogP contribution in [0.25, 0.3) is 0 Å². The second kappa shape index (κ2) is 7.09. The zero-order valence-electron chi connectivity index (χ0n) is 12.1. The van der Waals surface area contributed by atoms with Crippen molar-refractivity contribution in [2.75, 3.05) is 6.61 Å². The van der Waals surface area contributed by atoms with Crippen LogP contribution in [0.4, 0.5) is 0 Å². The Morgan fingerprint density at radius 2 is 2.15 bits per heavy atom. The molecule has 4 heteroatoms. The number of hydrogen-bond donors (Lipinski definition) is 1. The Morgan fingerprint density at radius 3 is 2.75 bits per heavy atom. The summed E-state index contributed by atoms with van der Waals surface area (Å²) in [7, 11) is 0. The Morgan fingerprint density at radius 1 is 1.45 bits per heavy atom. The molecule has 20 heavy (non-hydrogen) atoms. The van der Waals surface area contributed by atoms with E-state index >= 15 is 0 Å². The van der Waals surface area contributed by atoms with Gasteiger partial charge in [-0.05, 0) is 49.9 Å². The summed E-state index contributed by atoms with van der Waals surface area (Å²) in [4.78, 5) is 12.3. The van der Waals surface area contributed by atoms with E-state index < -0.39 is 6.04 Å². The van der Waals surface area contributed by atoms with Gasteiger partial charge in [0.1, 0.15) is 6.04 Å². The number of esters is 1. The number of halogens is 1. The summed E-state index contributed by atoms with van der Waals surface area (Å²) in [5.74, 6) is -0.204. The monoisotopic (exact) mass is 295 g/mol. The summed E-state index contributed by atoms with van der Waals surface area (Å²) >= 11 is 6.00. The Kier molecular flexibility index (Phi) is 5.44. The number of carbonyl (C=O) groups is 1. The normalized spacial score (nSPS) is 17.1. The summed E-state index contributed by atoms with van der Waals surface area (Å²) in [5.41, 5.74) is 1.97. The van der Waals surface area contributed by atoms with Crippen LogP contribution in [0.3, 0.4) is 0 Å². The standard InChI is InChI=1S/C16H22ClNO2/c1-3-20-16(19)15(18-13-6-4-5-7-13)14-9-8-12(17)10-11(14)2/h8-10,13,15,18H,3-7H2,1-2H3. The number of benzene rings is 1. The van der Waals surface area contributed by atoms with Gasteiger partial charge in [0.25, 0.3) is 0 Å². The first-order chi connectivity index (χ1) is 9.61. The fraction of sp³-hybridized carbons (Fsp3) is 0.562. The van der Waals surface area contributed by atoms with Crippen LogP contribution in [0.15, 0.2) is 18.2 Å². The molecule has 1 atom stereocenters. The fourth-order valence-electron chi connectivity index (χ4n) is 2.80. The molecular weight excluding hydrogens is 274 g/mol. The van der Waals surface area contributed by atoms with Crippen molar-refractivity contribution in [1.82, 2.24) is 5.32 Å². The molecule has 0 spiro atoms. The molecule has 0 radical (unpaired) electrons. The molecule has 1 fully saturated rings. The molecule has 110 valence electrons. The molecule has 1 aromatic rings. The molecule has 0 bridgehead atoms. The van der Waals surface area contributed by atoms with Gasteiger partial charge in [0, 0.05) is 11.1 Å². The van der Waals surface area contributed by atoms with Crippen molar-refractivity contribution in [3.63, 3.8) is 0 Å². The molecule has 1 aromatic carbocycles. The van der Waals surface area contributed by atoms with Crippen molar-refractivity contribution < 1.29 is 9.53 Å². The first-order valence-electron chi connectivity index (χ1n) is 7.30. The van der Waals surface area contributed by atoms with E-state index in [0.717, 1.165) is 24.0 Å². The Balaban J connectivity index is 2.22. The Labute approximate surface area is 125 Å². The van der Waals surface area contributed by atoms with Crippen LogP contribution in [0.1, 0.15) is 49.8 Å². The predicted molar refractivity (Wildman–Crippen MR) is 81.0 cm³/mol. The molecule has 0 saturated heterocycles. The van der Waals surface area contributed by atoms with Gasteiger partial charge in [0.2, 0.25) is 0 Å². The van der Waals surface area contributed by atoms with Crippen LogP contribution in [0.2, 0.25) is 5.02 Å². The van der Waals surface area contributed by atoms with Gasteiger partial charge in [-0.25, -0.2) is 4.79 Å². The molecule has 1 aliphatic carbocycles. The third-order valence-electron chi connectivity index (χ3n) is 3.82. The number of ether oxygens (including phenoxy) is 1. The zero-order chi connectivity index (χ0) is 14.5. The molecule has 0 aliphatic heterocycles. The second-order valence-corrected chi connectivity index (χ2v) is 5.77. The van der Waals surface area contributed by atoms with Crippen molar-refractivity contribution in [1.29, 1.82) is 0 Å². The molecule has 0 aromatic heterocycles. The lowest BCUT2D eigenvalue weighted by molar-refractivity contribution is -0.146. The third kappa shape index (κ3) is 3.74. The molecule has 2 rings (SSSR count). The smallest absolute Gasteiger partial charge is 0.327 e. The van der Waals surface area contributed by atoms with Gasteiger partial charge in [-0.1, -0.05) is 30.5 Å². The van der Waals surface area contributed by atoms with Gasteiger partial charge < -0.3 is 4.74 Å². The zero-order valence-corrected chi connectivity index (χ0v) is 12.9. The number of carbonyl (C=O) groups excluding carboxylic acids is 1. The average Bonchev–Trinajstić information content (AvgIpc) is 2.90. The maximum Gasteiger partial charge on any atom is 0.327 e. The van der Waals surface area contributed by atoms with E-state index in [1.54, 1.807) is 0 Å². The van der Waals surface area contributed by atoms with Crippen molar-refractivity contribution >= 4 is 17.6 Å². The van der Waals surface area contributed by atoms with Gasteiger partial charge in [-0.2, -0.15) is 0 Å². The van der Waals surface area contributed by atoms with Gasteiger partial charge in [-0.15, -0.1) is 0 Å². The fourth-order valence-corrected chi connectivity index (χ4v) is 3.03. The van der Waals surface area contributed by atoms with Crippen LogP contribution in [0, 0.1) is 6.92 Å². The summed E-state index contributed by atoms with van der Waals surface area (Å²) < 4.78 is 5.22. The second-order valence-electron chi connectivity index (χ2n) is 5.33. The number of aryl methyl sites for hydroxylation is 1. The van der Waals surface area contributed by atoms with Crippen LogP contribution < -0.4 is 5.32 Å². The predicted octanol–water partition coefficient (Wildman–Crippen LogP) is 3.78. The van der Waals surface area contributed by atoms with Crippen molar-refractivity contribution in [2.45, 2.75) is 51.6 Å². The van der Waals surface area contributed by atoms with E-state index in [9.17, 15) is 4.79 Å². The number of rotatable bonds is 5. The maximum atomic E-state index is 12.3. The topological polar surface area (TPSA) is 38.3 Å². The highest BCUT2D eigenvalue weighted by molar-refractivity contribution is 6.30. The van der Waals surface area contributed by atoms with E-state index in [1.807, 2.05) is 32.0 Å². The first kappa shape index (κ1) is 15.3. The molecular formula is C16H22ClNO2. The van der Waals surface area contributed by atoms with Crippen LogP contribution in [-0.2, 0) is 9.53 Å². The lowest BCUT2D eigenvalue weighted by Gasteiger charge is -2.23. The van der Waals surface area contributed by atoms with Gasteiger partial charge in [0.05, 0.1) is 6.61 Å². The highest BCUT2D eigenvalue weighted by Gasteiger charge is 2.27. The minimum absolute atomic E-state index is 0.204. The van der Waals surface area contributed by atoms with E-state index in [-0.39, 0.29) is 5.97 Å². The number of hydrogen-bond acceptors (Lipinski definition) is 3. The molecule has 0 heterocycles. The summed E-state index contributed by atoms with van der Waals surface area (Å²) in [6.07, 6.45) is 4.71. The summed E-state index contributed by atoms with van der Waals surface area (Å²) in [6.45, 7) is 4.21. The van der Waals surface area contributed by atoms with Crippen LogP contribution in [-0.4, -0.2) is 18.6 Å². The van der Waals surface area contributed by atoms with Gasteiger partial charge >= 0.3 is 5.97 Å². The maximum absolute atomic E-state index is 12.3. The minimum atomic E-state index is -0.393. The van der Waals surface area contributed by atoms with E-state index in [2.05, 4.69) is 5.32 Å². The number of nitrogens with one attached hydrogen (secondary N) is 1. The van der Waals surface area contributed by atoms with Crippen LogP contribution >= 0.6 is 11.6 Å². The molecule has 1 unspecified atom stereocenters.